The van der Waals surface area contributed by atoms with Crippen LogP contribution in [0.15, 0.2) is 48.5 Å². The molecule has 3 N–H and O–H groups in total. The first-order valence-electron chi connectivity index (χ1n) is 8.59. The molecule has 3 rings (SSSR count). The molecular weight excluding hydrogens is 330 g/mol. The zero-order chi connectivity index (χ0) is 17.8. The predicted molar refractivity (Wildman–Crippen MR) is 105 cm³/mol. The normalized spacial score (nSPS) is 18.3. The van der Waals surface area contributed by atoms with Crippen LogP contribution in [0, 0.1) is 12.8 Å². The lowest BCUT2D eigenvalue weighted by Crippen LogP contribution is -2.44. The Balaban J connectivity index is 1.48. The van der Waals surface area contributed by atoms with Crippen molar-refractivity contribution >= 4 is 28.9 Å². The molecule has 0 aromatic heterocycles. The molecule has 2 aromatic carbocycles. The van der Waals surface area contributed by atoms with E-state index in [9.17, 15) is 4.79 Å². The number of anilines is 1. The van der Waals surface area contributed by atoms with Gasteiger partial charge in [0.1, 0.15) is 0 Å². The van der Waals surface area contributed by atoms with E-state index >= 15 is 0 Å². The van der Waals surface area contributed by atoms with E-state index < -0.39 is 0 Å². The molecule has 130 valence electrons. The van der Waals surface area contributed by atoms with E-state index in [1.165, 1.54) is 16.7 Å². The second-order valence-electron chi connectivity index (χ2n) is 6.44. The number of para-hydroxylation sites is 1. The van der Waals surface area contributed by atoms with Crippen LogP contribution in [0.5, 0.6) is 0 Å². The topological polar surface area (TPSA) is 53.2 Å². The quantitative estimate of drug-likeness (QED) is 0.580. The van der Waals surface area contributed by atoms with Crippen LogP contribution in [0.1, 0.15) is 36.0 Å². The lowest BCUT2D eigenvalue weighted by Gasteiger charge is -2.14. The lowest BCUT2D eigenvalue weighted by atomic mass is 10.1. The molecule has 5 heteroatoms. The van der Waals surface area contributed by atoms with Crippen LogP contribution in [0.4, 0.5) is 5.69 Å². The highest BCUT2D eigenvalue weighted by Gasteiger charge is 2.43. The molecule has 0 aliphatic heterocycles. The SMILES string of the molecule is CCc1ccccc1NC(=S)NNC(=O)[C@@H]1C[C@@H]1c1ccc(C)cc1. The lowest BCUT2D eigenvalue weighted by molar-refractivity contribution is -0.122. The predicted octanol–water partition coefficient (Wildman–Crippen LogP) is 3.68. The zero-order valence-electron chi connectivity index (χ0n) is 14.5. The molecule has 0 heterocycles. The van der Waals surface area contributed by atoms with Crippen LogP contribution >= 0.6 is 12.2 Å². The summed E-state index contributed by atoms with van der Waals surface area (Å²) in [6, 6.07) is 16.4. The van der Waals surface area contributed by atoms with Crippen LogP contribution < -0.4 is 16.2 Å². The standard InChI is InChI=1S/C20H23N3OS/c1-3-14-6-4-5-7-18(14)21-20(25)23-22-19(24)17-12-16(17)15-10-8-13(2)9-11-15/h4-11,16-17H,3,12H2,1-2H3,(H,22,24)(H2,21,23,25)/t16-,17-/m1/s1. The van der Waals surface area contributed by atoms with Crippen molar-refractivity contribution in [3.05, 3.63) is 65.2 Å². The summed E-state index contributed by atoms with van der Waals surface area (Å²) in [6.07, 6.45) is 1.80. The Labute approximate surface area is 154 Å². The van der Waals surface area contributed by atoms with Gasteiger partial charge < -0.3 is 5.32 Å². The molecule has 0 saturated heterocycles. The van der Waals surface area contributed by atoms with Gasteiger partial charge in [0.25, 0.3) is 0 Å². The number of hydrogen-bond acceptors (Lipinski definition) is 2. The van der Waals surface area contributed by atoms with Crippen molar-refractivity contribution in [2.75, 3.05) is 5.32 Å². The monoisotopic (exact) mass is 353 g/mol. The summed E-state index contributed by atoms with van der Waals surface area (Å²) in [7, 11) is 0. The minimum absolute atomic E-state index is 0.0148. The van der Waals surface area contributed by atoms with E-state index in [4.69, 9.17) is 12.2 Å². The highest BCUT2D eigenvalue weighted by molar-refractivity contribution is 7.80. The molecule has 1 fully saturated rings. The summed E-state index contributed by atoms with van der Waals surface area (Å²) < 4.78 is 0. The summed E-state index contributed by atoms with van der Waals surface area (Å²) in [5, 5.41) is 3.52. The number of hydrogen-bond donors (Lipinski definition) is 3. The average molecular weight is 353 g/mol. The minimum Gasteiger partial charge on any atom is -0.331 e. The fourth-order valence-electron chi connectivity index (χ4n) is 2.98. The van der Waals surface area contributed by atoms with Gasteiger partial charge in [0.15, 0.2) is 5.11 Å². The number of thiocarbonyl (C=S) groups is 1. The van der Waals surface area contributed by atoms with Gasteiger partial charge in [0.2, 0.25) is 5.91 Å². The molecule has 2 aromatic rings. The Bertz CT molecular complexity index is 773. The molecule has 1 amide bonds. The summed E-state index contributed by atoms with van der Waals surface area (Å²) in [6.45, 7) is 4.16. The summed E-state index contributed by atoms with van der Waals surface area (Å²) in [5.74, 6) is 0.309. The van der Waals surface area contributed by atoms with Gasteiger partial charge in [0, 0.05) is 11.6 Å². The minimum atomic E-state index is -0.0153. The van der Waals surface area contributed by atoms with E-state index in [1.54, 1.807) is 0 Å². The van der Waals surface area contributed by atoms with Gasteiger partial charge in [-0.25, -0.2) is 0 Å². The van der Waals surface area contributed by atoms with Crippen LogP contribution in [0.3, 0.4) is 0 Å². The van der Waals surface area contributed by atoms with Gasteiger partial charge in [-0.15, -0.1) is 0 Å². The molecule has 25 heavy (non-hydrogen) atoms. The average Bonchev–Trinajstić information content (AvgIpc) is 3.41. The van der Waals surface area contributed by atoms with Crippen molar-refractivity contribution in [1.82, 2.24) is 10.9 Å². The number of aryl methyl sites for hydroxylation is 2. The molecule has 1 saturated carbocycles. The Morgan fingerprint density at radius 1 is 1.12 bits per heavy atom. The third kappa shape index (κ3) is 4.37. The number of hydrazine groups is 1. The first kappa shape index (κ1) is 17.4. The van der Waals surface area contributed by atoms with Crippen LogP contribution in [0.25, 0.3) is 0 Å². The number of carbonyl (C=O) groups excluding carboxylic acids is 1. The highest BCUT2D eigenvalue weighted by atomic mass is 32.1. The largest absolute Gasteiger partial charge is 0.331 e. The smallest absolute Gasteiger partial charge is 0.242 e. The second kappa shape index (κ2) is 7.66. The molecule has 4 nitrogen and oxygen atoms in total. The maximum atomic E-state index is 12.3. The van der Waals surface area contributed by atoms with Crippen molar-refractivity contribution in [1.29, 1.82) is 0 Å². The number of amides is 1. The molecule has 1 aliphatic rings. The summed E-state index contributed by atoms with van der Waals surface area (Å²) in [4.78, 5) is 12.3. The Hall–Kier alpha value is -2.40. The second-order valence-corrected chi connectivity index (χ2v) is 6.85. The van der Waals surface area contributed by atoms with Gasteiger partial charge in [-0.2, -0.15) is 0 Å². The number of nitrogens with one attached hydrogen (secondary N) is 3. The number of rotatable bonds is 4. The Kier molecular flexibility index (Phi) is 5.34. The fourth-order valence-corrected chi connectivity index (χ4v) is 3.14. The van der Waals surface area contributed by atoms with Crippen molar-refractivity contribution < 1.29 is 4.79 Å². The maximum Gasteiger partial charge on any atom is 0.242 e. The van der Waals surface area contributed by atoms with Crippen LogP contribution in [0.2, 0.25) is 0 Å². The summed E-state index contributed by atoms with van der Waals surface area (Å²) in [5.41, 5.74) is 10.1. The van der Waals surface area contributed by atoms with Crippen molar-refractivity contribution in [3.8, 4) is 0 Å². The van der Waals surface area contributed by atoms with Crippen molar-refractivity contribution in [2.45, 2.75) is 32.6 Å². The molecule has 0 radical (unpaired) electrons. The van der Waals surface area contributed by atoms with Crippen molar-refractivity contribution in [2.24, 2.45) is 5.92 Å². The molecule has 1 aliphatic carbocycles. The van der Waals surface area contributed by atoms with Gasteiger partial charge >= 0.3 is 0 Å². The van der Waals surface area contributed by atoms with Gasteiger partial charge in [-0.3, -0.25) is 15.6 Å². The van der Waals surface area contributed by atoms with E-state index in [2.05, 4.69) is 60.3 Å². The van der Waals surface area contributed by atoms with E-state index in [0.717, 1.165) is 18.5 Å². The third-order valence-electron chi connectivity index (χ3n) is 4.58. The van der Waals surface area contributed by atoms with Gasteiger partial charge in [-0.1, -0.05) is 55.0 Å². The highest BCUT2D eigenvalue weighted by Crippen LogP contribution is 2.47. The number of benzene rings is 2. The molecular formula is C20H23N3OS. The van der Waals surface area contributed by atoms with E-state index in [1.807, 2.05) is 18.2 Å². The molecule has 2 atom stereocenters. The van der Waals surface area contributed by atoms with Gasteiger partial charge in [0.05, 0.1) is 0 Å². The first-order chi connectivity index (χ1) is 12.1. The molecule has 0 unspecified atom stereocenters. The maximum absolute atomic E-state index is 12.3. The number of carbonyl (C=O) groups is 1. The van der Waals surface area contributed by atoms with Gasteiger partial charge in [-0.05, 0) is 55.1 Å². The van der Waals surface area contributed by atoms with E-state index in [0.29, 0.717) is 11.0 Å². The van der Waals surface area contributed by atoms with Crippen LogP contribution in [-0.4, -0.2) is 11.0 Å². The Morgan fingerprint density at radius 2 is 1.84 bits per heavy atom. The first-order valence-corrected chi connectivity index (χ1v) is 9.00. The molecule has 0 bridgehead atoms. The van der Waals surface area contributed by atoms with Crippen LogP contribution in [-0.2, 0) is 11.2 Å². The van der Waals surface area contributed by atoms with Crippen molar-refractivity contribution in [3.63, 3.8) is 0 Å². The third-order valence-corrected chi connectivity index (χ3v) is 4.78. The summed E-state index contributed by atoms with van der Waals surface area (Å²) >= 11 is 5.27. The fraction of sp³-hybridized carbons (Fsp3) is 0.300. The Morgan fingerprint density at radius 3 is 2.56 bits per heavy atom. The molecule has 0 spiro atoms. The zero-order valence-corrected chi connectivity index (χ0v) is 15.3. The van der Waals surface area contributed by atoms with E-state index in [-0.39, 0.29) is 11.8 Å².